The van der Waals surface area contributed by atoms with Crippen LogP contribution in [0.25, 0.3) is 0 Å². The van der Waals surface area contributed by atoms with E-state index in [1.54, 1.807) is 0 Å². The van der Waals surface area contributed by atoms with Crippen molar-refractivity contribution < 1.29 is 8.78 Å². The largest absolute Gasteiger partial charge is 0.309 e. The monoisotopic (exact) mass is 149 g/mol. The average Bonchev–Trinajstić information content (AvgIpc) is 2.67. The predicted molar refractivity (Wildman–Crippen MR) is 36.5 cm³/mol. The van der Waals surface area contributed by atoms with Crippen molar-refractivity contribution in [2.24, 2.45) is 0 Å². The molecule has 0 aliphatic heterocycles. The van der Waals surface area contributed by atoms with Crippen LogP contribution in [0.2, 0.25) is 0 Å². The molecule has 1 aliphatic carbocycles. The minimum atomic E-state index is -0.353. The number of nitrogens with one attached hydrogen (secondary N) is 1. The van der Waals surface area contributed by atoms with Crippen LogP contribution in [0.1, 0.15) is 19.3 Å². The van der Waals surface area contributed by atoms with E-state index < -0.39 is 0 Å². The molecule has 0 aromatic carbocycles. The first-order valence-electron chi connectivity index (χ1n) is 3.70. The van der Waals surface area contributed by atoms with E-state index in [0.717, 1.165) is 12.8 Å². The lowest BCUT2D eigenvalue weighted by Crippen LogP contribution is -2.33. The molecule has 0 saturated heterocycles. The third-order valence-corrected chi connectivity index (χ3v) is 2.02. The van der Waals surface area contributed by atoms with Gasteiger partial charge in [0.2, 0.25) is 0 Å². The number of hydrogen-bond acceptors (Lipinski definition) is 1. The van der Waals surface area contributed by atoms with Crippen LogP contribution in [0.3, 0.4) is 0 Å². The lowest BCUT2D eigenvalue weighted by atomic mass is 10.2. The summed E-state index contributed by atoms with van der Waals surface area (Å²) in [5.41, 5.74) is -0.0131. The van der Waals surface area contributed by atoms with Crippen molar-refractivity contribution in [3.05, 3.63) is 0 Å². The molecule has 0 aromatic heterocycles. The molecule has 0 unspecified atom stereocenters. The van der Waals surface area contributed by atoms with Crippen molar-refractivity contribution in [2.45, 2.75) is 24.8 Å². The molecule has 1 aliphatic rings. The lowest BCUT2D eigenvalue weighted by molar-refractivity contribution is 0.362. The van der Waals surface area contributed by atoms with Crippen LogP contribution in [0, 0.1) is 0 Å². The van der Waals surface area contributed by atoms with Gasteiger partial charge in [-0.15, -0.1) is 0 Å². The molecule has 3 heteroatoms. The quantitative estimate of drug-likeness (QED) is 0.623. The van der Waals surface area contributed by atoms with Crippen LogP contribution in [-0.4, -0.2) is 25.4 Å². The summed E-state index contributed by atoms with van der Waals surface area (Å²) in [6, 6.07) is 0. The van der Waals surface area contributed by atoms with Gasteiger partial charge in [0.15, 0.2) is 0 Å². The zero-order valence-corrected chi connectivity index (χ0v) is 6.00. The normalized spacial score (nSPS) is 21.0. The van der Waals surface area contributed by atoms with Gasteiger partial charge < -0.3 is 5.32 Å². The van der Waals surface area contributed by atoms with E-state index in [4.69, 9.17) is 0 Å². The Morgan fingerprint density at radius 1 is 1.20 bits per heavy atom. The molecule has 0 amide bonds. The number of rotatable bonds is 5. The van der Waals surface area contributed by atoms with Crippen molar-refractivity contribution in [3.63, 3.8) is 0 Å². The summed E-state index contributed by atoms with van der Waals surface area (Å²) in [4.78, 5) is 0. The highest BCUT2D eigenvalue weighted by molar-refractivity contribution is 5.01. The van der Waals surface area contributed by atoms with Gasteiger partial charge in [-0.05, 0) is 19.3 Å². The maximum atomic E-state index is 11.8. The van der Waals surface area contributed by atoms with E-state index in [0.29, 0.717) is 13.0 Å². The second-order valence-corrected chi connectivity index (χ2v) is 2.84. The fraction of sp³-hybridized carbons (Fsp3) is 1.00. The molecule has 1 nitrogen and oxygen atoms in total. The van der Waals surface area contributed by atoms with Gasteiger partial charge in [-0.1, -0.05) is 0 Å². The van der Waals surface area contributed by atoms with Crippen LogP contribution in [0.15, 0.2) is 0 Å². The number of hydrogen-bond donors (Lipinski definition) is 1. The van der Waals surface area contributed by atoms with Gasteiger partial charge in [0.25, 0.3) is 0 Å². The van der Waals surface area contributed by atoms with Crippen molar-refractivity contribution in [3.8, 4) is 0 Å². The zero-order chi connectivity index (χ0) is 7.45. The van der Waals surface area contributed by atoms with E-state index in [1.165, 1.54) is 0 Å². The first kappa shape index (κ1) is 7.92. The molecule has 1 fully saturated rings. The average molecular weight is 149 g/mol. The predicted octanol–water partition coefficient (Wildman–Crippen LogP) is 1.44. The van der Waals surface area contributed by atoms with E-state index >= 15 is 0 Å². The minimum absolute atomic E-state index is 0.0131. The lowest BCUT2D eigenvalue weighted by Gasteiger charge is -2.13. The molecule has 0 atom stereocenters. The smallest absolute Gasteiger partial charge is 0.102 e. The maximum Gasteiger partial charge on any atom is 0.102 e. The van der Waals surface area contributed by atoms with Crippen molar-refractivity contribution in [1.29, 1.82) is 0 Å². The molecular formula is C7H13F2N. The SMILES string of the molecule is FCCNC1(CCF)CC1. The van der Waals surface area contributed by atoms with Gasteiger partial charge in [0, 0.05) is 12.1 Å². The molecule has 60 valence electrons. The van der Waals surface area contributed by atoms with Gasteiger partial charge in [-0.25, -0.2) is 4.39 Å². The summed E-state index contributed by atoms with van der Waals surface area (Å²) < 4.78 is 23.5. The highest BCUT2D eigenvalue weighted by Crippen LogP contribution is 2.38. The second kappa shape index (κ2) is 3.28. The van der Waals surface area contributed by atoms with Gasteiger partial charge in [0.1, 0.15) is 6.67 Å². The van der Waals surface area contributed by atoms with Crippen LogP contribution in [0.4, 0.5) is 8.78 Å². The number of alkyl halides is 2. The Morgan fingerprint density at radius 3 is 2.30 bits per heavy atom. The molecule has 0 spiro atoms. The Bertz CT molecular complexity index is 102. The van der Waals surface area contributed by atoms with Gasteiger partial charge in [-0.2, -0.15) is 0 Å². The molecule has 0 bridgehead atoms. The fourth-order valence-corrected chi connectivity index (χ4v) is 1.16. The molecule has 1 saturated carbocycles. The summed E-state index contributed by atoms with van der Waals surface area (Å²) >= 11 is 0. The van der Waals surface area contributed by atoms with Gasteiger partial charge >= 0.3 is 0 Å². The summed E-state index contributed by atoms with van der Waals surface area (Å²) in [7, 11) is 0. The second-order valence-electron chi connectivity index (χ2n) is 2.84. The Hall–Kier alpha value is -0.180. The molecule has 1 N–H and O–H groups in total. The van der Waals surface area contributed by atoms with E-state index in [9.17, 15) is 8.78 Å². The third-order valence-electron chi connectivity index (χ3n) is 2.02. The van der Waals surface area contributed by atoms with Crippen LogP contribution >= 0.6 is 0 Å². The highest BCUT2D eigenvalue weighted by atomic mass is 19.1. The van der Waals surface area contributed by atoms with E-state index in [-0.39, 0.29) is 18.9 Å². The molecular weight excluding hydrogens is 136 g/mol. The topological polar surface area (TPSA) is 12.0 Å². The first-order valence-corrected chi connectivity index (χ1v) is 3.70. The third kappa shape index (κ3) is 1.90. The van der Waals surface area contributed by atoms with Crippen molar-refractivity contribution in [2.75, 3.05) is 19.9 Å². The highest BCUT2D eigenvalue weighted by Gasteiger charge is 2.41. The fourth-order valence-electron chi connectivity index (χ4n) is 1.16. The molecule has 0 radical (unpaired) electrons. The number of halogens is 2. The molecule has 1 rings (SSSR count). The minimum Gasteiger partial charge on any atom is -0.309 e. The summed E-state index contributed by atoms with van der Waals surface area (Å²) in [5, 5.41) is 3.01. The van der Waals surface area contributed by atoms with E-state index in [1.807, 2.05) is 0 Å². The maximum absolute atomic E-state index is 11.8. The first-order chi connectivity index (χ1) is 4.83. The summed E-state index contributed by atoms with van der Waals surface area (Å²) in [6.07, 6.45) is 2.57. The van der Waals surface area contributed by atoms with Crippen molar-refractivity contribution >= 4 is 0 Å². The van der Waals surface area contributed by atoms with Crippen LogP contribution in [-0.2, 0) is 0 Å². The van der Waals surface area contributed by atoms with E-state index in [2.05, 4.69) is 5.32 Å². The Balaban J connectivity index is 2.11. The van der Waals surface area contributed by atoms with Crippen LogP contribution in [0.5, 0.6) is 0 Å². The Morgan fingerprint density at radius 2 is 1.90 bits per heavy atom. The Kier molecular flexibility index (Phi) is 2.60. The molecule has 0 heterocycles. The molecule has 0 aromatic rings. The van der Waals surface area contributed by atoms with Crippen molar-refractivity contribution in [1.82, 2.24) is 5.32 Å². The van der Waals surface area contributed by atoms with Crippen LogP contribution < -0.4 is 5.32 Å². The summed E-state index contributed by atoms with van der Waals surface area (Å²) in [5.74, 6) is 0. The van der Waals surface area contributed by atoms with Gasteiger partial charge in [-0.3, -0.25) is 4.39 Å². The van der Waals surface area contributed by atoms with Gasteiger partial charge in [0.05, 0.1) is 6.67 Å². The molecule has 10 heavy (non-hydrogen) atoms. The zero-order valence-electron chi connectivity index (χ0n) is 6.00. The standard InChI is InChI=1S/C7H13F2N/c8-4-3-7(1-2-7)10-6-5-9/h10H,1-6H2. The summed E-state index contributed by atoms with van der Waals surface area (Å²) in [6.45, 7) is -0.271. The Labute approximate surface area is 59.8 Å².